The topological polar surface area (TPSA) is 119 Å². The van der Waals surface area contributed by atoms with Gasteiger partial charge in [0.2, 0.25) is 5.62 Å². The summed E-state index contributed by atoms with van der Waals surface area (Å²) in [6.45, 7) is 4.34. The van der Waals surface area contributed by atoms with E-state index in [0.29, 0.717) is 35.9 Å². The SMILES string of the molecule is CCCOc1ccc(/N=c2\[nH]c(=O)n(C[C@H](CCC)C(=O)O)c(=O)n2Cc2ccc(Cl)cc2)cc1. The minimum absolute atomic E-state index is 0.0517. The molecule has 1 heterocycles. The first-order valence-corrected chi connectivity index (χ1v) is 11.9. The average molecular weight is 501 g/mol. The van der Waals surface area contributed by atoms with Crippen molar-refractivity contribution in [3.63, 3.8) is 0 Å². The number of carboxylic acid groups (broad SMARTS) is 1. The molecule has 9 nitrogen and oxygen atoms in total. The van der Waals surface area contributed by atoms with Crippen molar-refractivity contribution >= 4 is 23.3 Å². The van der Waals surface area contributed by atoms with Gasteiger partial charge in [0.15, 0.2) is 0 Å². The van der Waals surface area contributed by atoms with E-state index < -0.39 is 23.3 Å². The Bertz CT molecular complexity index is 1320. The fraction of sp³-hybridized carbons (Fsp3) is 0.360. The Balaban J connectivity index is 2.10. The summed E-state index contributed by atoms with van der Waals surface area (Å²) in [6, 6.07) is 13.9. The third-order valence-electron chi connectivity index (χ3n) is 5.37. The molecule has 0 aliphatic carbocycles. The Hall–Kier alpha value is -3.59. The van der Waals surface area contributed by atoms with Crippen molar-refractivity contribution in [3.05, 3.63) is 85.7 Å². The fourth-order valence-electron chi connectivity index (χ4n) is 3.54. The molecule has 0 amide bonds. The highest BCUT2D eigenvalue weighted by Gasteiger charge is 2.20. The highest BCUT2D eigenvalue weighted by Crippen LogP contribution is 2.17. The Morgan fingerprint density at radius 1 is 1.06 bits per heavy atom. The van der Waals surface area contributed by atoms with Crippen LogP contribution in [0.1, 0.15) is 38.7 Å². The zero-order valence-electron chi connectivity index (χ0n) is 19.7. The Labute approximate surface area is 207 Å². The van der Waals surface area contributed by atoms with Crippen LogP contribution in [0, 0.1) is 5.92 Å². The third kappa shape index (κ3) is 6.95. The van der Waals surface area contributed by atoms with E-state index >= 15 is 0 Å². The number of hydrogen-bond donors (Lipinski definition) is 2. The van der Waals surface area contributed by atoms with Crippen LogP contribution in [-0.2, 0) is 17.9 Å². The molecule has 1 aromatic heterocycles. The van der Waals surface area contributed by atoms with Gasteiger partial charge in [-0.1, -0.05) is 44.0 Å². The van der Waals surface area contributed by atoms with Crippen molar-refractivity contribution < 1.29 is 14.6 Å². The molecule has 0 saturated heterocycles. The molecule has 3 rings (SSSR count). The maximum absolute atomic E-state index is 13.4. The van der Waals surface area contributed by atoms with Crippen LogP contribution < -0.4 is 21.7 Å². The zero-order chi connectivity index (χ0) is 25.4. The molecule has 0 aliphatic rings. The lowest BCUT2D eigenvalue weighted by molar-refractivity contribution is -0.142. The molecule has 2 N–H and O–H groups in total. The Morgan fingerprint density at radius 3 is 2.34 bits per heavy atom. The second kappa shape index (κ2) is 12.2. The van der Waals surface area contributed by atoms with Crippen LogP contribution in [0.2, 0.25) is 5.02 Å². The van der Waals surface area contributed by atoms with Gasteiger partial charge in [-0.3, -0.25) is 14.3 Å². The van der Waals surface area contributed by atoms with E-state index in [1.54, 1.807) is 48.5 Å². The smallest absolute Gasteiger partial charge is 0.335 e. The van der Waals surface area contributed by atoms with Crippen molar-refractivity contribution in [1.29, 1.82) is 0 Å². The summed E-state index contributed by atoms with van der Waals surface area (Å²) in [6.07, 6.45) is 1.84. The maximum atomic E-state index is 13.4. The number of halogens is 1. The van der Waals surface area contributed by atoms with E-state index in [-0.39, 0.29) is 18.7 Å². The Morgan fingerprint density at radius 2 is 1.74 bits per heavy atom. The van der Waals surface area contributed by atoms with Gasteiger partial charge in [-0.25, -0.2) is 19.1 Å². The predicted octanol–water partition coefficient (Wildman–Crippen LogP) is 3.56. The van der Waals surface area contributed by atoms with E-state index in [1.165, 1.54) is 4.57 Å². The molecule has 186 valence electrons. The van der Waals surface area contributed by atoms with Gasteiger partial charge in [0.1, 0.15) is 5.75 Å². The number of nitrogens with one attached hydrogen (secondary N) is 1. The molecular formula is C25H29ClN4O5. The molecule has 1 atom stereocenters. The van der Waals surface area contributed by atoms with E-state index in [1.807, 2.05) is 13.8 Å². The van der Waals surface area contributed by atoms with Gasteiger partial charge in [0.05, 0.1) is 24.8 Å². The standard InChI is InChI=1S/C25H29ClN4O5/c1-3-5-18(22(31)32)16-30-24(33)28-23(27-20-10-12-21(13-11-20)35-14-4-2)29(25(30)34)15-17-6-8-19(26)9-7-17/h6-13,18H,3-5,14-16H2,1-2H3,(H,31,32)(H,27,28,33)/t18-/m0/s1. The molecule has 3 aromatic rings. The molecule has 0 radical (unpaired) electrons. The predicted molar refractivity (Wildman–Crippen MR) is 133 cm³/mol. The lowest BCUT2D eigenvalue weighted by atomic mass is 10.0. The first kappa shape index (κ1) is 26.0. The van der Waals surface area contributed by atoms with Crippen molar-refractivity contribution in [2.24, 2.45) is 10.9 Å². The molecule has 0 spiro atoms. The molecule has 2 aromatic carbocycles. The van der Waals surface area contributed by atoms with E-state index in [9.17, 15) is 19.5 Å². The van der Waals surface area contributed by atoms with E-state index in [2.05, 4.69) is 9.98 Å². The fourth-order valence-corrected chi connectivity index (χ4v) is 3.66. The number of hydrogen-bond acceptors (Lipinski definition) is 5. The number of carboxylic acids is 1. The quantitative estimate of drug-likeness (QED) is 0.417. The summed E-state index contributed by atoms with van der Waals surface area (Å²) in [4.78, 5) is 45.0. The number of ether oxygens (including phenoxy) is 1. The minimum atomic E-state index is -1.05. The van der Waals surface area contributed by atoms with Gasteiger partial charge in [0, 0.05) is 11.6 Å². The average Bonchev–Trinajstić information content (AvgIpc) is 2.84. The normalized spacial score (nSPS) is 12.5. The molecule has 10 heteroatoms. The molecule has 0 aliphatic heterocycles. The van der Waals surface area contributed by atoms with E-state index in [4.69, 9.17) is 16.3 Å². The minimum Gasteiger partial charge on any atom is -0.494 e. The van der Waals surface area contributed by atoms with Gasteiger partial charge in [-0.15, -0.1) is 0 Å². The number of aliphatic carboxylic acids is 1. The van der Waals surface area contributed by atoms with Gasteiger partial charge in [0.25, 0.3) is 0 Å². The first-order chi connectivity index (χ1) is 16.8. The third-order valence-corrected chi connectivity index (χ3v) is 5.62. The van der Waals surface area contributed by atoms with Crippen LogP contribution in [-0.4, -0.2) is 31.8 Å². The lowest BCUT2D eigenvalue weighted by Crippen LogP contribution is -2.51. The molecule has 35 heavy (non-hydrogen) atoms. The van der Waals surface area contributed by atoms with Gasteiger partial charge >= 0.3 is 17.3 Å². The highest BCUT2D eigenvalue weighted by atomic mass is 35.5. The first-order valence-electron chi connectivity index (χ1n) is 11.5. The summed E-state index contributed by atoms with van der Waals surface area (Å²) >= 11 is 5.99. The van der Waals surface area contributed by atoms with Crippen LogP contribution in [0.3, 0.4) is 0 Å². The number of nitrogens with zero attached hydrogens (tertiary/aromatic N) is 3. The van der Waals surface area contributed by atoms with Crippen LogP contribution in [0.15, 0.2) is 63.1 Å². The highest BCUT2D eigenvalue weighted by molar-refractivity contribution is 6.30. The summed E-state index contributed by atoms with van der Waals surface area (Å²) < 4.78 is 7.82. The number of aromatic nitrogens is 3. The second-order valence-electron chi connectivity index (χ2n) is 8.14. The van der Waals surface area contributed by atoms with Crippen molar-refractivity contribution in [2.75, 3.05) is 6.61 Å². The van der Waals surface area contributed by atoms with Crippen LogP contribution in [0.25, 0.3) is 0 Å². The summed E-state index contributed by atoms with van der Waals surface area (Å²) in [5, 5.41) is 10.1. The monoisotopic (exact) mass is 500 g/mol. The second-order valence-corrected chi connectivity index (χ2v) is 8.57. The largest absolute Gasteiger partial charge is 0.494 e. The molecule has 0 bridgehead atoms. The van der Waals surface area contributed by atoms with Gasteiger partial charge in [-0.05, 0) is 54.8 Å². The lowest BCUT2D eigenvalue weighted by Gasteiger charge is -2.15. The van der Waals surface area contributed by atoms with Crippen molar-refractivity contribution in [2.45, 2.75) is 46.2 Å². The van der Waals surface area contributed by atoms with Crippen LogP contribution in [0.5, 0.6) is 5.75 Å². The number of carbonyl (C=O) groups is 1. The van der Waals surface area contributed by atoms with Gasteiger partial charge < -0.3 is 9.84 Å². The van der Waals surface area contributed by atoms with Crippen molar-refractivity contribution in [3.8, 4) is 5.75 Å². The van der Waals surface area contributed by atoms with Crippen LogP contribution in [0.4, 0.5) is 5.69 Å². The zero-order valence-corrected chi connectivity index (χ0v) is 20.5. The summed E-state index contributed by atoms with van der Waals surface area (Å²) in [7, 11) is 0. The Kier molecular flexibility index (Phi) is 9.08. The summed E-state index contributed by atoms with van der Waals surface area (Å²) in [5.74, 6) is -1.22. The van der Waals surface area contributed by atoms with Gasteiger partial charge in [-0.2, -0.15) is 0 Å². The maximum Gasteiger partial charge on any atom is 0.335 e. The van der Waals surface area contributed by atoms with Crippen molar-refractivity contribution in [1.82, 2.24) is 14.1 Å². The van der Waals surface area contributed by atoms with Crippen LogP contribution >= 0.6 is 11.6 Å². The summed E-state index contributed by atoms with van der Waals surface area (Å²) in [5.41, 5.74) is -0.0334. The number of benzene rings is 2. The number of aromatic amines is 1. The molecular weight excluding hydrogens is 472 g/mol. The molecule has 0 unspecified atom stereocenters. The number of H-pyrrole nitrogens is 1. The van der Waals surface area contributed by atoms with E-state index in [0.717, 1.165) is 16.6 Å². The number of rotatable bonds is 11. The molecule has 0 saturated carbocycles. The molecule has 0 fully saturated rings.